The van der Waals surface area contributed by atoms with E-state index in [1.54, 1.807) is 12.2 Å². The minimum absolute atomic E-state index is 0.126. The maximum Gasteiger partial charge on any atom is 0.573 e. The lowest BCUT2D eigenvalue weighted by Gasteiger charge is -2.09. The molecule has 0 bridgehead atoms. The van der Waals surface area contributed by atoms with Crippen LogP contribution in [-0.2, 0) is 0 Å². The Bertz CT molecular complexity index is 463. The molecule has 1 aromatic rings. The van der Waals surface area contributed by atoms with Crippen LogP contribution in [0.4, 0.5) is 13.2 Å². The van der Waals surface area contributed by atoms with Crippen LogP contribution in [0.25, 0.3) is 6.08 Å². The normalized spacial score (nSPS) is 11.5. The molecule has 90 valence electrons. The monoisotopic (exact) mass is 261 g/mol. The van der Waals surface area contributed by atoms with E-state index < -0.39 is 6.36 Å². The van der Waals surface area contributed by atoms with Crippen molar-refractivity contribution in [2.24, 2.45) is 0 Å². The van der Waals surface area contributed by atoms with Gasteiger partial charge in [0.2, 0.25) is 0 Å². The first kappa shape index (κ1) is 13.4. The minimum Gasteiger partial charge on any atom is -0.406 e. The first-order chi connectivity index (χ1) is 7.92. The lowest BCUT2D eigenvalue weighted by molar-refractivity contribution is -0.274. The quantitative estimate of drug-likeness (QED) is 0.818. The van der Waals surface area contributed by atoms with Crippen LogP contribution < -0.4 is 4.74 Å². The van der Waals surface area contributed by atoms with Gasteiger partial charge >= 0.3 is 6.36 Å². The number of benzene rings is 1. The van der Waals surface area contributed by atoms with Crippen molar-refractivity contribution in [3.63, 3.8) is 0 Å². The topological polar surface area (TPSA) is 33.0 Å². The van der Waals surface area contributed by atoms with Crippen LogP contribution in [0.5, 0.6) is 5.75 Å². The predicted octanol–water partition coefficient (Wildman–Crippen LogP) is 4.17. The smallest absolute Gasteiger partial charge is 0.406 e. The summed E-state index contributed by atoms with van der Waals surface area (Å²) in [6.07, 6.45) is -1.41. The fourth-order valence-electron chi connectivity index (χ4n) is 1.08. The molecule has 0 fully saturated rings. The average molecular weight is 262 g/mol. The van der Waals surface area contributed by atoms with Crippen molar-refractivity contribution in [2.75, 3.05) is 0 Å². The third-order valence-corrected chi connectivity index (χ3v) is 2.04. The Kier molecular flexibility index (Phi) is 4.41. The minimum atomic E-state index is -4.73. The fraction of sp³-hybridized carbons (Fsp3) is 0.182. The fourth-order valence-corrected chi connectivity index (χ4v) is 1.31. The standard InChI is InChI=1S/C11H7ClF3NO/c12-10-7-9(17-11(13,14)15)5-4-8(10)3-1-2-6-16/h1,3-5,7H,2H2. The molecule has 0 aromatic heterocycles. The number of alkyl halides is 3. The summed E-state index contributed by atoms with van der Waals surface area (Å²) in [5, 5.41) is 8.43. The zero-order valence-electron chi connectivity index (χ0n) is 8.46. The van der Waals surface area contributed by atoms with Gasteiger partial charge in [0.1, 0.15) is 5.75 Å². The zero-order chi connectivity index (χ0) is 12.9. The average Bonchev–Trinajstić information content (AvgIpc) is 2.19. The van der Waals surface area contributed by atoms with Crippen molar-refractivity contribution in [2.45, 2.75) is 12.8 Å². The van der Waals surface area contributed by atoms with Crippen molar-refractivity contribution in [1.29, 1.82) is 5.26 Å². The van der Waals surface area contributed by atoms with Crippen molar-refractivity contribution in [1.82, 2.24) is 0 Å². The van der Waals surface area contributed by atoms with E-state index in [1.807, 2.05) is 6.07 Å². The highest BCUT2D eigenvalue weighted by Crippen LogP contribution is 2.28. The zero-order valence-corrected chi connectivity index (χ0v) is 9.22. The second kappa shape index (κ2) is 5.60. The molecule has 0 saturated carbocycles. The molecule has 0 aliphatic heterocycles. The van der Waals surface area contributed by atoms with Crippen LogP contribution in [0.2, 0.25) is 5.02 Å². The van der Waals surface area contributed by atoms with Gasteiger partial charge in [0.15, 0.2) is 0 Å². The number of allylic oxidation sites excluding steroid dienone is 1. The molecule has 0 heterocycles. The van der Waals surface area contributed by atoms with Crippen LogP contribution in [0.1, 0.15) is 12.0 Å². The third kappa shape index (κ3) is 4.79. The van der Waals surface area contributed by atoms with Gasteiger partial charge in [-0.05, 0) is 23.8 Å². The summed E-state index contributed by atoms with van der Waals surface area (Å²) in [7, 11) is 0. The molecular weight excluding hydrogens is 255 g/mol. The Labute approximate surface area is 101 Å². The molecule has 0 spiro atoms. The molecule has 1 aromatic carbocycles. The number of ether oxygens (including phenoxy) is 1. The maximum absolute atomic E-state index is 11.9. The van der Waals surface area contributed by atoms with E-state index in [0.29, 0.717) is 5.56 Å². The van der Waals surface area contributed by atoms with E-state index >= 15 is 0 Å². The second-order valence-electron chi connectivity index (χ2n) is 3.00. The van der Waals surface area contributed by atoms with Gasteiger partial charge in [-0.1, -0.05) is 23.8 Å². The molecule has 1 rings (SSSR count). The lowest BCUT2D eigenvalue weighted by Crippen LogP contribution is -2.17. The van der Waals surface area contributed by atoms with Crippen molar-refractivity contribution >= 4 is 17.7 Å². The first-order valence-electron chi connectivity index (χ1n) is 4.51. The summed E-state index contributed by atoms with van der Waals surface area (Å²) in [5.74, 6) is -0.375. The van der Waals surface area contributed by atoms with Crippen molar-refractivity contribution < 1.29 is 17.9 Å². The van der Waals surface area contributed by atoms with Gasteiger partial charge in [-0.15, -0.1) is 13.2 Å². The number of halogens is 4. The molecule has 0 aliphatic rings. The molecule has 0 radical (unpaired) electrons. The first-order valence-corrected chi connectivity index (χ1v) is 4.89. The number of nitrogens with zero attached hydrogens (tertiary/aromatic N) is 1. The summed E-state index contributed by atoms with van der Waals surface area (Å²) in [6.45, 7) is 0. The van der Waals surface area contributed by atoms with Crippen LogP contribution in [0, 0.1) is 11.3 Å². The predicted molar refractivity (Wildman–Crippen MR) is 57.4 cm³/mol. The highest BCUT2D eigenvalue weighted by Gasteiger charge is 2.31. The summed E-state index contributed by atoms with van der Waals surface area (Å²) < 4.78 is 39.4. The molecule has 6 heteroatoms. The van der Waals surface area contributed by atoms with Gasteiger partial charge in [-0.25, -0.2) is 0 Å². The Morgan fingerprint density at radius 1 is 1.41 bits per heavy atom. The summed E-state index contributed by atoms with van der Waals surface area (Å²) in [6, 6.07) is 5.51. The van der Waals surface area contributed by atoms with Crippen LogP contribution in [0.3, 0.4) is 0 Å². The SMILES string of the molecule is N#CCC=Cc1ccc(OC(F)(F)F)cc1Cl. The van der Waals surface area contributed by atoms with Gasteiger partial charge in [0.25, 0.3) is 0 Å². The summed E-state index contributed by atoms with van der Waals surface area (Å²) in [5.41, 5.74) is 0.524. The van der Waals surface area contributed by atoms with E-state index in [1.165, 1.54) is 6.07 Å². The number of rotatable bonds is 3. The van der Waals surface area contributed by atoms with Crippen LogP contribution >= 0.6 is 11.6 Å². The maximum atomic E-state index is 11.9. The molecule has 0 aliphatic carbocycles. The van der Waals surface area contributed by atoms with Gasteiger partial charge in [-0.3, -0.25) is 0 Å². The Morgan fingerprint density at radius 2 is 2.12 bits per heavy atom. The number of nitriles is 1. The van der Waals surface area contributed by atoms with Gasteiger partial charge < -0.3 is 4.74 Å². The van der Waals surface area contributed by atoms with Crippen LogP contribution in [-0.4, -0.2) is 6.36 Å². The molecule has 2 nitrogen and oxygen atoms in total. The molecule has 0 amide bonds. The third-order valence-electron chi connectivity index (χ3n) is 1.71. The van der Waals surface area contributed by atoms with E-state index in [4.69, 9.17) is 16.9 Å². The van der Waals surface area contributed by atoms with E-state index in [-0.39, 0.29) is 17.2 Å². The molecule has 0 atom stereocenters. The molecule has 0 N–H and O–H groups in total. The summed E-state index contributed by atoms with van der Waals surface area (Å²) in [4.78, 5) is 0. The lowest BCUT2D eigenvalue weighted by atomic mass is 10.2. The molecule has 17 heavy (non-hydrogen) atoms. The van der Waals surface area contributed by atoms with Gasteiger partial charge in [0.05, 0.1) is 17.5 Å². The highest BCUT2D eigenvalue weighted by molar-refractivity contribution is 6.32. The van der Waals surface area contributed by atoms with E-state index in [0.717, 1.165) is 12.1 Å². The number of hydrogen-bond acceptors (Lipinski definition) is 2. The largest absolute Gasteiger partial charge is 0.573 e. The second-order valence-corrected chi connectivity index (χ2v) is 3.40. The van der Waals surface area contributed by atoms with Gasteiger partial charge in [-0.2, -0.15) is 5.26 Å². The highest BCUT2D eigenvalue weighted by atomic mass is 35.5. The van der Waals surface area contributed by atoms with Crippen molar-refractivity contribution in [3.8, 4) is 11.8 Å². The summed E-state index contributed by atoms with van der Waals surface area (Å²) >= 11 is 5.76. The Balaban J connectivity index is 2.84. The molecule has 0 saturated heterocycles. The van der Waals surface area contributed by atoms with Gasteiger partial charge in [0, 0.05) is 0 Å². The number of hydrogen-bond donors (Lipinski definition) is 0. The Hall–Kier alpha value is -1.67. The molecule has 0 unspecified atom stereocenters. The van der Waals surface area contributed by atoms with E-state index in [9.17, 15) is 13.2 Å². The van der Waals surface area contributed by atoms with E-state index in [2.05, 4.69) is 4.74 Å². The Morgan fingerprint density at radius 3 is 2.65 bits per heavy atom. The molecular formula is C11H7ClF3NO. The van der Waals surface area contributed by atoms with Crippen molar-refractivity contribution in [3.05, 3.63) is 34.9 Å². The van der Waals surface area contributed by atoms with Crippen LogP contribution in [0.15, 0.2) is 24.3 Å².